The number of nitrogens with zero attached hydrogens (tertiary/aromatic N) is 3. The first-order valence-electron chi connectivity index (χ1n) is 12.9. The Hall–Kier alpha value is -4.28. The fourth-order valence-electron chi connectivity index (χ4n) is 4.51. The van der Waals surface area contributed by atoms with Gasteiger partial charge in [-0.2, -0.15) is 0 Å². The summed E-state index contributed by atoms with van der Waals surface area (Å²) in [6.45, 7) is 5.16. The molecule has 4 rings (SSSR count). The minimum absolute atomic E-state index is 0.0906. The van der Waals surface area contributed by atoms with E-state index in [2.05, 4.69) is 32.6 Å². The number of piperazine rings is 1. The maximum absolute atomic E-state index is 13.2. The lowest BCUT2D eigenvalue weighted by Gasteiger charge is -2.37. The minimum atomic E-state index is -0.514. The van der Waals surface area contributed by atoms with Gasteiger partial charge >= 0.3 is 0 Å². The molecule has 3 aromatic carbocycles. The number of nitro groups is 1. The van der Waals surface area contributed by atoms with Gasteiger partial charge in [0.15, 0.2) is 0 Å². The van der Waals surface area contributed by atoms with Gasteiger partial charge in [0.25, 0.3) is 17.5 Å². The maximum atomic E-state index is 13.2. The molecule has 1 heterocycles. The Morgan fingerprint density at radius 3 is 2.33 bits per heavy atom. The Labute approximate surface area is 227 Å². The van der Waals surface area contributed by atoms with Crippen LogP contribution in [0, 0.1) is 10.1 Å². The molecule has 2 amide bonds. The molecule has 0 bridgehead atoms. The van der Waals surface area contributed by atoms with Crippen LogP contribution in [0.2, 0.25) is 0 Å². The summed E-state index contributed by atoms with van der Waals surface area (Å²) in [6, 6.07) is 21.1. The first-order chi connectivity index (χ1) is 18.9. The SMILES string of the molecule is COCCCNC(=O)c1cc(NC(=O)c2ccc([N+](=O)[O-])cc2)ccc1N1CCN(Cc2ccccc2)CC1. The summed E-state index contributed by atoms with van der Waals surface area (Å²) in [7, 11) is 1.62. The number of hydrogen-bond donors (Lipinski definition) is 2. The van der Waals surface area contributed by atoms with Crippen molar-refractivity contribution < 1.29 is 19.2 Å². The third kappa shape index (κ3) is 7.62. The molecule has 1 fully saturated rings. The van der Waals surface area contributed by atoms with Crippen LogP contribution in [0.3, 0.4) is 0 Å². The predicted molar refractivity (Wildman–Crippen MR) is 150 cm³/mol. The molecule has 0 radical (unpaired) electrons. The van der Waals surface area contributed by atoms with Crippen molar-refractivity contribution >= 4 is 28.9 Å². The largest absolute Gasteiger partial charge is 0.385 e. The lowest BCUT2D eigenvalue weighted by atomic mass is 10.1. The number of carbonyl (C=O) groups is 2. The van der Waals surface area contributed by atoms with Crippen molar-refractivity contribution in [1.29, 1.82) is 0 Å². The zero-order chi connectivity index (χ0) is 27.6. The van der Waals surface area contributed by atoms with E-state index in [0.29, 0.717) is 30.8 Å². The normalized spacial score (nSPS) is 13.6. The molecule has 0 aliphatic carbocycles. The first-order valence-corrected chi connectivity index (χ1v) is 12.9. The number of rotatable bonds is 11. The van der Waals surface area contributed by atoms with E-state index >= 15 is 0 Å². The minimum Gasteiger partial charge on any atom is -0.385 e. The van der Waals surface area contributed by atoms with Crippen molar-refractivity contribution in [2.75, 3.05) is 56.7 Å². The number of nitrogens with one attached hydrogen (secondary N) is 2. The Kier molecular flexibility index (Phi) is 9.60. The number of nitro benzene ring substituents is 1. The van der Waals surface area contributed by atoms with Crippen molar-refractivity contribution in [3.63, 3.8) is 0 Å². The van der Waals surface area contributed by atoms with Crippen LogP contribution in [0.1, 0.15) is 32.7 Å². The van der Waals surface area contributed by atoms with Gasteiger partial charge in [0.05, 0.1) is 10.5 Å². The molecule has 39 heavy (non-hydrogen) atoms. The van der Waals surface area contributed by atoms with Gasteiger partial charge in [0.2, 0.25) is 0 Å². The van der Waals surface area contributed by atoms with Crippen LogP contribution in [-0.2, 0) is 11.3 Å². The highest BCUT2D eigenvalue weighted by Gasteiger charge is 2.23. The number of benzene rings is 3. The van der Waals surface area contributed by atoms with E-state index in [1.807, 2.05) is 24.3 Å². The topological polar surface area (TPSA) is 117 Å². The van der Waals surface area contributed by atoms with Gasteiger partial charge in [-0.3, -0.25) is 24.6 Å². The number of anilines is 2. The average Bonchev–Trinajstić information content (AvgIpc) is 2.96. The van der Waals surface area contributed by atoms with Gasteiger partial charge in [0, 0.05) is 82.1 Å². The summed E-state index contributed by atoms with van der Waals surface area (Å²) in [5, 5.41) is 16.7. The molecule has 0 unspecified atom stereocenters. The molecule has 0 spiro atoms. The van der Waals surface area contributed by atoms with Crippen molar-refractivity contribution in [3.05, 3.63) is 99.6 Å². The van der Waals surface area contributed by atoms with Gasteiger partial charge < -0.3 is 20.3 Å². The van der Waals surface area contributed by atoms with Crippen molar-refractivity contribution in [1.82, 2.24) is 10.2 Å². The number of non-ortho nitro benzene ring substituents is 1. The van der Waals surface area contributed by atoms with Gasteiger partial charge in [-0.25, -0.2) is 0 Å². The molecule has 1 aliphatic heterocycles. The van der Waals surface area contributed by atoms with E-state index in [0.717, 1.165) is 38.4 Å². The van der Waals surface area contributed by atoms with Gasteiger partial charge in [-0.1, -0.05) is 30.3 Å². The molecule has 0 atom stereocenters. The summed E-state index contributed by atoms with van der Waals surface area (Å²) in [5.74, 6) is -0.641. The summed E-state index contributed by atoms with van der Waals surface area (Å²) < 4.78 is 5.08. The van der Waals surface area contributed by atoms with Gasteiger partial charge in [-0.05, 0) is 42.3 Å². The van der Waals surface area contributed by atoms with Crippen LogP contribution >= 0.6 is 0 Å². The summed E-state index contributed by atoms with van der Waals surface area (Å²) in [6.07, 6.45) is 0.687. The van der Waals surface area contributed by atoms with E-state index in [9.17, 15) is 19.7 Å². The van der Waals surface area contributed by atoms with Crippen LogP contribution in [0.4, 0.5) is 17.1 Å². The predicted octanol–water partition coefficient (Wildman–Crippen LogP) is 3.94. The quantitative estimate of drug-likeness (QED) is 0.219. The zero-order valence-corrected chi connectivity index (χ0v) is 22.0. The molecule has 1 saturated heterocycles. The lowest BCUT2D eigenvalue weighted by Crippen LogP contribution is -2.46. The lowest BCUT2D eigenvalue weighted by molar-refractivity contribution is -0.384. The standard InChI is InChI=1S/C29H33N5O5/c1-39-19-5-14-30-29(36)26-20-24(31-28(35)23-8-11-25(12-9-23)34(37)38)10-13-27(26)33-17-15-32(16-18-33)21-22-6-3-2-4-7-22/h2-4,6-13,20H,5,14-19,21H2,1H3,(H,30,36)(H,31,35). The number of hydrogen-bond acceptors (Lipinski definition) is 7. The molecular formula is C29H33N5O5. The first kappa shape index (κ1) is 27.7. The Bertz CT molecular complexity index is 1270. The molecule has 204 valence electrons. The molecule has 0 aromatic heterocycles. The second-order valence-corrected chi connectivity index (χ2v) is 9.34. The van der Waals surface area contributed by atoms with Crippen LogP contribution in [0.25, 0.3) is 0 Å². The van der Waals surface area contributed by atoms with Crippen LogP contribution in [-0.4, -0.2) is 68.1 Å². The molecular weight excluding hydrogens is 498 g/mol. The number of methoxy groups -OCH3 is 1. The molecule has 10 heteroatoms. The van der Waals surface area contributed by atoms with E-state index in [1.54, 1.807) is 19.2 Å². The van der Waals surface area contributed by atoms with Crippen molar-refractivity contribution in [2.45, 2.75) is 13.0 Å². The summed E-state index contributed by atoms with van der Waals surface area (Å²) >= 11 is 0. The number of carbonyl (C=O) groups excluding carboxylic acids is 2. The van der Waals surface area contributed by atoms with Crippen LogP contribution in [0.15, 0.2) is 72.8 Å². The third-order valence-electron chi connectivity index (χ3n) is 6.61. The zero-order valence-electron chi connectivity index (χ0n) is 22.0. The van der Waals surface area contributed by atoms with Gasteiger partial charge in [0.1, 0.15) is 0 Å². The van der Waals surface area contributed by atoms with Crippen molar-refractivity contribution in [2.24, 2.45) is 0 Å². The van der Waals surface area contributed by atoms with Crippen LogP contribution in [0.5, 0.6) is 0 Å². The fraction of sp³-hybridized carbons (Fsp3) is 0.310. The summed E-state index contributed by atoms with van der Waals surface area (Å²) in [5.41, 5.74) is 3.22. The number of amides is 2. The van der Waals surface area contributed by atoms with E-state index < -0.39 is 10.8 Å². The highest BCUT2D eigenvalue weighted by Crippen LogP contribution is 2.27. The summed E-state index contributed by atoms with van der Waals surface area (Å²) in [4.78, 5) is 41.0. The fourth-order valence-corrected chi connectivity index (χ4v) is 4.51. The second kappa shape index (κ2) is 13.5. The molecule has 3 aromatic rings. The molecule has 1 aliphatic rings. The molecule has 10 nitrogen and oxygen atoms in total. The van der Waals surface area contributed by atoms with E-state index in [1.165, 1.54) is 29.8 Å². The smallest absolute Gasteiger partial charge is 0.269 e. The Balaban J connectivity index is 1.48. The Morgan fingerprint density at radius 1 is 0.949 bits per heavy atom. The Morgan fingerprint density at radius 2 is 1.67 bits per heavy atom. The second-order valence-electron chi connectivity index (χ2n) is 9.34. The van der Waals surface area contributed by atoms with Crippen LogP contribution < -0.4 is 15.5 Å². The third-order valence-corrected chi connectivity index (χ3v) is 6.61. The molecule has 0 saturated carbocycles. The van der Waals surface area contributed by atoms with Crippen molar-refractivity contribution in [3.8, 4) is 0 Å². The maximum Gasteiger partial charge on any atom is 0.269 e. The van der Waals surface area contributed by atoms with E-state index in [-0.39, 0.29) is 17.2 Å². The highest BCUT2D eigenvalue weighted by molar-refractivity contribution is 6.06. The monoisotopic (exact) mass is 531 g/mol. The highest BCUT2D eigenvalue weighted by atomic mass is 16.6. The van der Waals surface area contributed by atoms with E-state index in [4.69, 9.17) is 4.74 Å². The number of ether oxygens (including phenoxy) is 1. The molecule has 2 N–H and O–H groups in total. The average molecular weight is 532 g/mol. The van der Waals surface area contributed by atoms with Gasteiger partial charge in [-0.15, -0.1) is 0 Å².